The Morgan fingerprint density at radius 3 is 2.33 bits per heavy atom. The number of hydrogen-bond donors (Lipinski definition) is 0. The van der Waals surface area contributed by atoms with Crippen molar-refractivity contribution >= 4 is 27.3 Å². The molecule has 0 N–H and O–H groups in total. The Morgan fingerprint density at radius 1 is 1.08 bits per heavy atom. The van der Waals surface area contributed by atoms with Crippen LogP contribution in [0.3, 0.4) is 0 Å². The molecule has 2 aromatic rings. The minimum absolute atomic E-state index is 0.126. The third-order valence-electron chi connectivity index (χ3n) is 4.10. The first-order valence-electron chi connectivity index (χ1n) is 7.42. The fraction of sp³-hybridized carbons (Fsp3) is 0.235. The Hall–Kier alpha value is -1.92. The van der Waals surface area contributed by atoms with Crippen LogP contribution in [0.25, 0.3) is 0 Å². The van der Waals surface area contributed by atoms with Crippen LogP contribution < -0.4 is 0 Å². The van der Waals surface area contributed by atoms with E-state index in [2.05, 4.69) is 0 Å². The monoisotopic (exact) mass is 367 g/mol. The third kappa shape index (κ3) is 3.30. The number of likely N-dealkylation sites (tertiary alicyclic amines) is 1. The SMILES string of the molecule is O=C(c1ccc(F)cc1)N1CCC(S(=O)(=O)c2ccc(Cl)cc2)C1. The van der Waals surface area contributed by atoms with Crippen molar-refractivity contribution in [2.75, 3.05) is 13.1 Å². The van der Waals surface area contributed by atoms with Crippen molar-refractivity contribution in [1.29, 1.82) is 0 Å². The Labute approximate surface area is 144 Å². The molecule has 1 atom stereocenters. The maximum Gasteiger partial charge on any atom is 0.253 e. The molecule has 0 aliphatic carbocycles. The highest BCUT2D eigenvalue weighted by Gasteiger charge is 2.36. The van der Waals surface area contributed by atoms with Gasteiger partial charge in [-0.25, -0.2) is 12.8 Å². The zero-order valence-electron chi connectivity index (χ0n) is 12.7. The molecule has 7 heteroatoms. The van der Waals surface area contributed by atoms with Crippen LogP contribution in [0.2, 0.25) is 5.02 Å². The van der Waals surface area contributed by atoms with Crippen LogP contribution in [-0.2, 0) is 9.84 Å². The van der Waals surface area contributed by atoms with Crippen molar-refractivity contribution in [3.05, 3.63) is 64.9 Å². The Bertz CT molecular complexity index is 850. The summed E-state index contributed by atoms with van der Waals surface area (Å²) in [4.78, 5) is 14.1. The van der Waals surface area contributed by atoms with Crippen molar-refractivity contribution in [3.8, 4) is 0 Å². The number of carbonyl (C=O) groups is 1. The lowest BCUT2D eigenvalue weighted by Crippen LogP contribution is -2.31. The topological polar surface area (TPSA) is 54.5 Å². The molecular weight excluding hydrogens is 353 g/mol. The summed E-state index contributed by atoms with van der Waals surface area (Å²) in [6.07, 6.45) is 0.373. The van der Waals surface area contributed by atoms with Crippen LogP contribution in [0.1, 0.15) is 16.8 Å². The van der Waals surface area contributed by atoms with Crippen LogP contribution in [-0.4, -0.2) is 37.6 Å². The summed E-state index contributed by atoms with van der Waals surface area (Å²) in [5.74, 6) is -0.708. The van der Waals surface area contributed by atoms with E-state index in [4.69, 9.17) is 11.6 Å². The van der Waals surface area contributed by atoms with Crippen molar-refractivity contribution in [2.45, 2.75) is 16.6 Å². The quantitative estimate of drug-likeness (QED) is 0.837. The minimum atomic E-state index is -3.52. The number of carbonyl (C=O) groups excluding carboxylic acids is 1. The summed E-state index contributed by atoms with van der Waals surface area (Å²) >= 11 is 5.79. The van der Waals surface area contributed by atoms with Gasteiger partial charge in [0.15, 0.2) is 9.84 Å². The van der Waals surface area contributed by atoms with Crippen LogP contribution >= 0.6 is 11.6 Å². The molecule has 126 valence electrons. The van der Waals surface area contributed by atoms with Gasteiger partial charge in [-0.15, -0.1) is 0 Å². The standard InChI is InChI=1S/C17H15ClFNO3S/c18-13-3-7-15(8-4-13)24(22,23)16-9-10-20(11-16)17(21)12-1-5-14(19)6-2-12/h1-8,16H,9-11H2. The largest absolute Gasteiger partial charge is 0.337 e. The second-order valence-corrected chi connectivity index (χ2v) is 8.33. The molecule has 1 saturated heterocycles. The third-order valence-corrected chi connectivity index (χ3v) is 6.55. The number of nitrogens with zero attached hydrogens (tertiary/aromatic N) is 1. The van der Waals surface area contributed by atoms with Crippen molar-refractivity contribution in [2.24, 2.45) is 0 Å². The van der Waals surface area contributed by atoms with Gasteiger partial charge in [-0.2, -0.15) is 0 Å². The van der Waals surface area contributed by atoms with Crippen molar-refractivity contribution in [3.63, 3.8) is 0 Å². The number of amides is 1. The first kappa shape index (κ1) is 16.9. The van der Waals surface area contributed by atoms with Crippen LogP contribution in [0, 0.1) is 5.82 Å². The molecule has 0 radical (unpaired) electrons. The van der Waals surface area contributed by atoms with Gasteiger partial charge in [-0.1, -0.05) is 11.6 Å². The van der Waals surface area contributed by atoms with E-state index in [0.717, 1.165) is 0 Å². The Morgan fingerprint density at radius 2 is 1.71 bits per heavy atom. The van der Waals surface area contributed by atoms with Gasteiger partial charge in [0.25, 0.3) is 5.91 Å². The normalized spacial score (nSPS) is 17.9. The highest BCUT2D eigenvalue weighted by molar-refractivity contribution is 7.92. The molecule has 0 spiro atoms. The molecule has 3 rings (SSSR count). The molecule has 1 aliphatic rings. The summed E-state index contributed by atoms with van der Waals surface area (Å²) in [5.41, 5.74) is 0.348. The van der Waals surface area contributed by atoms with Crippen LogP contribution in [0.15, 0.2) is 53.4 Å². The maximum absolute atomic E-state index is 12.9. The predicted molar refractivity (Wildman–Crippen MR) is 89.3 cm³/mol. The van der Waals surface area contributed by atoms with Gasteiger partial charge in [0, 0.05) is 23.7 Å². The molecule has 1 heterocycles. The fourth-order valence-corrected chi connectivity index (χ4v) is 4.58. The van der Waals surface area contributed by atoms with E-state index >= 15 is 0 Å². The highest BCUT2D eigenvalue weighted by atomic mass is 35.5. The number of rotatable bonds is 3. The molecule has 0 aromatic heterocycles. The average molecular weight is 368 g/mol. The lowest BCUT2D eigenvalue weighted by molar-refractivity contribution is 0.0793. The zero-order valence-corrected chi connectivity index (χ0v) is 14.2. The zero-order chi connectivity index (χ0) is 17.3. The van der Waals surface area contributed by atoms with Crippen molar-refractivity contribution < 1.29 is 17.6 Å². The number of benzene rings is 2. The van der Waals surface area contributed by atoms with Gasteiger partial charge >= 0.3 is 0 Å². The molecule has 1 amide bonds. The molecule has 24 heavy (non-hydrogen) atoms. The average Bonchev–Trinajstić information content (AvgIpc) is 3.06. The maximum atomic E-state index is 12.9. The Balaban J connectivity index is 1.76. The second-order valence-electron chi connectivity index (χ2n) is 5.67. The summed E-state index contributed by atoms with van der Waals surface area (Å²) in [6.45, 7) is 0.481. The van der Waals surface area contributed by atoms with E-state index in [-0.39, 0.29) is 17.3 Å². The first-order valence-corrected chi connectivity index (χ1v) is 9.34. The molecule has 2 aromatic carbocycles. The summed E-state index contributed by atoms with van der Waals surface area (Å²) in [6, 6.07) is 11.2. The summed E-state index contributed by atoms with van der Waals surface area (Å²) in [5, 5.41) is -0.184. The summed E-state index contributed by atoms with van der Waals surface area (Å²) in [7, 11) is -3.52. The van der Waals surface area contributed by atoms with Gasteiger partial charge < -0.3 is 4.90 Å². The van der Waals surface area contributed by atoms with E-state index < -0.39 is 20.9 Å². The van der Waals surface area contributed by atoms with Crippen LogP contribution in [0.5, 0.6) is 0 Å². The van der Waals surface area contributed by atoms with Gasteiger partial charge in [0.2, 0.25) is 0 Å². The van der Waals surface area contributed by atoms with E-state index in [1.165, 1.54) is 53.4 Å². The molecule has 1 fully saturated rings. The highest BCUT2D eigenvalue weighted by Crippen LogP contribution is 2.26. The van der Waals surface area contributed by atoms with Gasteiger partial charge in [0.05, 0.1) is 10.1 Å². The van der Waals surface area contributed by atoms with Gasteiger partial charge in [-0.05, 0) is 55.0 Å². The van der Waals surface area contributed by atoms with Crippen LogP contribution in [0.4, 0.5) is 4.39 Å². The lowest BCUT2D eigenvalue weighted by atomic mass is 10.2. The first-order chi connectivity index (χ1) is 11.4. The second kappa shape index (κ2) is 6.53. The van der Waals surface area contributed by atoms with E-state index in [1.807, 2.05) is 0 Å². The fourth-order valence-electron chi connectivity index (χ4n) is 2.76. The number of hydrogen-bond acceptors (Lipinski definition) is 3. The van der Waals surface area contributed by atoms with Gasteiger partial charge in [-0.3, -0.25) is 4.79 Å². The number of sulfone groups is 1. The molecule has 1 aliphatic heterocycles. The molecule has 4 nitrogen and oxygen atoms in total. The predicted octanol–water partition coefficient (Wildman–Crippen LogP) is 3.17. The van der Waals surface area contributed by atoms with Gasteiger partial charge in [0.1, 0.15) is 5.82 Å². The van der Waals surface area contributed by atoms with Crippen molar-refractivity contribution in [1.82, 2.24) is 4.90 Å². The van der Waals surface area contributed by atoms with E-state index in [9.17, 15) is 17.6 Å². The molecule has 1 unspecified atom stereocenters. The number of halogens is 2. The lowest BCUT2D eigenvalue weighted by Gasteiger charge is -2.17. The van der Waals surface area contributed by atoms with E-state index in [1.54, 1.807) is 0 Å². The minimum Gasteiger partial charge on any atom is -0.337 e. The Kier molecular flexibility index (Phi) is 4.60. The molecule has 0 bridgehead atoms. The molecular formula is C17H15ClFNO3S. The smallest absolute Gasteiger partial charge is 0.253 e. The molecule has 0 saturated carbocycles. The van der Waals surface area contributed by atoms with E-state index in [0.29, 0.717) is 23.6 Å². The summed E-state index contributed by atoms with van der Waals surface area (Å²) < 4.78 is 38.3.